The molecule has 0 saturated carbocycles. The van der Waals surface area contributed by atoms with Gasteiger partial charge in [-0.05, 0) is 43.5 Å². The smallest absolute Gasteiger partial charge is 0.265 e. The lowest BCUT2D eigenvalue weighted by Crippen LogP contribution is -2.30. The molecule has 0 spiro atoms. The van der Waals surface area contributed by atoms with Gasteiger partial charge in [0, 0.05) is 11.3 Å². The van der Waals surface area contributed by atoms with Crippen LogP contribution in [0.4, 0.5) is 5.69 Å². The topological polar surface area (TPSA) is 55.4 Å². The van der Waals surface area contributed by atoms with Gasteiger partial charge in [0.25, 0.3) is 5.91 Å². The molecule has 0 radical (unpaired) electrons. The zero-order valence-corrected chi connectivity index (χ0v) is 14.5. The lowest BCUT2D eigenvalue weighted by atomic mass is 10.0. The molecule has 1 amide bonds. The molecule has 126 valence electrons. The lowest BCUT2D eigenvalue weighted by Gasteiger charge is -2.18. The third-order valence-electron chi connectivity index (χ3n) is 3.76. The van der Waals surface area contributed by atoms with E-state index in [-0.39, 0.29) is 11.7 Å². The first-order valence-electron chi connectivity index (χ1n) is 8.06. The third kappa shape index (κ3) is 4.44. The van der Waals surface area contributed by atoms with Crippen molar-refractivity contribution in [3.05, 3.63) is 59.7 Å². The van der Waals surface area contributed by atoms with E-state index in [0.717, 1.165) is 11.3 Å². The van der Waals surface area contributed by atoms with Crippen molar-refractivity contribution in [1.29, 1.82) is 0 Å². The fraction of sp³-hybridized carbons (Fsp3) is 0.300. The average Bonchev–Trinajstić information content (AvgIpc) is 2.55. The number of anilines is 1. The summed E-state index contributed by atoms with van der Waals surface area (Å²) in [7, 11) is 0. The molecular formula is C20H23NO3. The normalized spacial score (nSPS) is 11.9. The Morgan fingerprint density at radius 1 is 1.00 bits per heavy atom. The highest BCUT2D eigenvalue weighted by atomic mass is 16.5. The van der Waals surface area contributed by atoms with E-state index >= 15 is 0 Å². The maximum Gasteiger partial charge on any atom is 0.265 e. The summed E-state index contributed by atoms with van der Waals surface area (Å²) in [6, 6.07) is 14.6. The Labute approximate surface area is 142 Å². The summed E-state index contributed by atoms with van der Waals surface area (Å²) >= 11 is 0. The van der Waals surface area contributed by atoms with Gasteiger partial charge in [-0.1, -0.05) is 44.2 Å². The van der Waals surface area contributed by atoms with Crippen molar-refractivity contribution >= 4 is 17.4 Å². The van der Waals surface area contributed by atoms with Crippen LogP contribution >= 0.6 is 0 Å². The molecule has 2 aromatic carbocycles. The Morgan fingerprint density at radius 3 is 2.38 bits per heavy atom. The van der Waals surface area contributed by atoms with Gasteiger partial charge in [-0.15, -0.1) is 0 Å². The maximum absolute atomic E-state index is 12.4. The summed E-state index contributed by atoms with van der Waals surface area (Å²) in [5.74, 6) is 0.548. The summed E-state index contributed by atoms with van der Waals surface area (Å²) in [4.78, 5) is 23.8. The zero-order chi connectivity index (χ0) is 17.7. The first kappa shape index (κ1) is 17.7. The molecule has 0 aromatic heterocycles. The van der Waals surface area contributed by atoms with Crippen molar-refractivity contribution in [2.45, 2.75) is 39.7 Å². The van der Waals surface area contributed by atoms with Crippen LogP contribution in [0.3, 0.4) is 0 Å². The predicted octanol–water partition coefficient (Wildman–Crippen LogP) is 4.42. The standard InChI is InChI=1S/C20H23NO3/c1-13(2)18-10-5-6-11-19(18)21-20(23)15(4)24-17-9-7-8-16(12-17)14(3)22/h5-13,15H,1-4H3,(H,21,23). The number of Topliss-reactive ketones (excluding diaryl/α,β-unsaturated/α-hetero) is 1. The Morgan fingerprint density at radius 2 is 1.71 bits per heavy atom. The minimum atomic E-state index is -0.674. The summed E-state index contributed by atoms with van der Waals surface area (Å²) < 4.78 is 5.68. The average molecular weight is 325 g/mol. The second kappa shape index (κ2) is 7.77. The molecule has 0 heterocycles. The fourth-order valence-corrected chi connectivity index (χ4v) is 2.39. The van der Waals surface area contributed by atoms with E-state index in [4.69, 9.17) is 4.74 Å². The van der Waals surface area contributed by atoms with Crippen molar-refractivity contribution < 1.29 is 14.3 Å². The molecule has 0 bridgehead atoms. The van der Waals surface area contributed by atoms with Crippen molar-refractivity contribution in [3.8, 4) is 5.75 Å². The van der Waals surface area contributed by atoms with Crippen LogP contribution in [0.25, 0.3) is 0 Å². The zero-order valence-electron chi connectivity index (χ0n) is 14.5. The van der Waals surface area contributed by atoms with Crippen LogP contribution in [0.1, 0.15) is 49.5 Å². The Bertz CT molecular complexity index is 737. The predicted molar refractivity (Wildman–Crippen MR) is 95.7 cm³/mol. The number of amides is 1. The first-order chi connectivity index (χ1) is 11.4. The van der Waals surface area contributed by atoms with E-state index in [0.29, 0.717) is 17.2 Å². The molecule has 1 unspecified atom stereocenters. The number of hydrogen-bond acceptors (Lipinski definition) is 3. The van der Waals surface area contributed by atoms with Crippen LogP contribution in [0, 0.1) is 0 Å². The largest absolute Gasteiger partial charge is 0.481 e. The molecule has 0 aliphatic rings. The molecule has 4 heteroatoms. The van der Waals surface area contributed by atoms with Crippen LogP contribution < -0.4 is 10.1 Å². The van der Waals surface area contributed by atoms with Gasteiger partial charge in [0.2, 0.25) is 0 Å². The van der Waals surface area contributed by atoms with Gasteiger partial charge in [0.1, 0.15) is 5.75 Å². The van der Waals surface area contributed by atoms with E-state index in [9.17, 15) is 9.59 Å². The number of carbonyl (C=O) groups excluding carboxylic acids is 2. The van der Waals surface area contributed by atoms with E-state index in [1.807, 2.05) is 24.3 Å². The second-order valence-corrected chi connectivity index (χ2v) is 6.08. The van der Waals surface area contributed by atoms with E-state index < -0.39 is 6.10 Å². The van der Waals surface area contributed by atoms with E-state index in [2.05, 4.69) is 19.2 Å². The molecule has 1 atom stereocenters. The van der Waals surface area contributed by atoms with Gasteiger partial charge in [-0.2, -0.15) is 0 Å². The Balaban J connectivity index is 2.08. The minimum absolute atomic E-state index is 0.0385. The highest BCUT2D eigenvalue weighted by molar-refractivity contribution is 5.95. The van der Waals surface area contributed by atoms with Gasteiger partial charge in [0.15, 0.2) is 11.9 Å². The number of para-hydroxylation sites is 1. The van der Waals surface area contributed by atoms with Crippen molar-refractivity contribution in [3.63, 3.8) is 0 Å². The fourth-order valence-electron chi connectivity index (χ4n) is 2.39. The minimum Gasteiger partial charge on any atom is -0.481 e. The molecule has 2 aromatic rings. The molecule has 4 nitrogen and oxygen atoms in total. The van der Waals surface area contributed by atoms with Crippen LogP contribution in [-0.2, 0) is 4.79 Å². The van der Waals surface area contributed by atoms with Crippen molar-refractivity contribution in [1.82, 2.24) is 0 Å². The molecule has 24 heavy (non-hydrogen) atoms. The number of rotatable bonds is 6. The second-order valence-electron chi connectivity index (χ2n) is 6.08. The monoisotopic (exact) mass is 325 g/mol. The Kier molecular flexibility index (Phi) is 5.74. The van der Waals surface area contributed by atoms with Gasteiger partial charge in [-0.25, -0.2) is 0 Å². The van der Waals surface area contributed by atoms with Crippen molar-refractivity contribution in [2.75, 3.05) is 5.32 Å². The van der Waals surface area contributed by atoms with Crippen LogP contribution in [0.15, 0.2) is 48.5 Å². The van der Waals surface area contributed by atoms with Crippen LogP contribution in [0.2, 0.25) is 0 Å². The lowest BCUT2D eigenvalue weighted by molar-refractivity contribution is -0.122. The van der Waals surface area contributed by atoms with Gasteiger partial charge < -0.3 is 10.1 Å². The third-order valence-corrected chi connectivity index (χ3v) is 3.76. The highest BCUT2D eigenvalue weighted by Crippen LogP contribution is 2.24. The van der Waals surface area contributed by atoms with Gasteiger partial charge in [0.05, 0.1) is 0 Å². The number of carbonyl (C=O) groups is 2. The number of hydrogen-bond donors (Lipinski definition) is 1. The van der Waals surface area contributed by atoms with E-state index in [1.54, 1.807) is 31.2 Å². The van der Waals surface area contributed by atoms with Crippen molar-refractivity contribution in [2.24, 2.45) is 0 Å². The molecule has 2 rings (SSSR count). The SMILES string of the molecule is CC(=O)c1cccc(OC(C)C(=O)Nc2ccccc2C(C)C)c1. The molecule has 1 N–H and O–H groups in total. The molecule has 0 aliphatic heterocycles. The van der Waals surface area contributed by atoms with Gasteiger partial charge >= 0.3 is 0 Å². The highest BCUT2D eigenvalue weighted by Gasteiger charge is 2.17. The Hall–Kier alpha value is -2.62. The molecule has 0 fully saturated rings. The number of ketones is 1. The molecule has 0 saturated heterocycles. The summed E-state index contributed by atoms with van der Waals surface area (Å²) in [6.45, 7) is 7.35. The summed E-state index contributed by atoms with van der Waals surface area (Å²) in [6.07, 6.45) is -0.674. The van der Waals surface area contributed by atoms with E-state index in [1.165, 1.54) is 6.92 Å². The number of nitrogens with one attached hydrogen (secondary N) is 1. The van der Waals surface area contributed by atoms with Crippen LogP contribution in [0.5, 0.6) is 5.75 Å². The molecular weight excluding hydrogens is 302 g/mol. The van der Waals surface area contributed by atoms with Gasteiger partial charge in [-0.3, -0.25) is 9.59 Å². The van der Waals surface area contributed by atoms with Crippen LogP contribution in [-0.4, -0.2) is 17.8 Å². The number of benzene rings is 2. The quantitative estimate of drug-likeness (QED) is 0.800. The first-order valence-corrected chi connectivity index (χ1v) is 8.06. The molecule has 0 aliphatic carbocycles. The summed E-state index contributed by atoms with van der Waals surface area (Å²) in [5.41, 5.74) is 2.44. The maximum atomic E-state index is 12.4. The number of ether oxygens (including phenoxy) is 1. The summed E-state index contributed by atoms with van der Waals surface area (Å²) in [5, 5.41) is 2.92.